The lowest BCUT2D eigenvalue weighted by Crippen LogP contribution is -2.53. The van der Waals surface area contributed by atoms with Gasteiger partial charge in [0.05, 0.1) is 16.9 Å². The number of aromatic amines is 1. The molecule has 0 spiro atoms. The molecule has 0 aliphatic carbocycles. The summed E-state index contributed by atoms with van der Waals surface area (Å²) in [4.78, 5) is 30.4. The molecule has 1 N–H and O–H groups in total. The molecule has 0 radical (unpaired) electrons. The zero-order valence-corrected chi connectivity index (χ0v) is 13.7. The van der Waals surface area contributed by atoms with Gasteiger partial charge < -0.3 is 9.88 Å². The molecule has 1 aromatic carbocycles. The van der Waals surface area contributed by atoms with Crippen molar-refractivity contribution in [1.82, 2.24) is 14.5 Å². The lowest BCUT2D eigenvalue weighted by molar-refractivity contribution is 0.0536. The van der Waals surface area contributed by atoms with E-state index in [4.69, 9.17) is 0 Å². The highest BCUT2D eigenvalue weighted by Gasteiger charge is 2.36. The summed E-state index contributed by atoms with van der Waals surface area (Å²) in [6, 6.07) is 5.58. The van der Waals surface area contributed by atoms with Crippen molar-refractivity contribution in [3.63, 3.8) is 0 Å². The fourth-order valence-corrected chi connectivity index (χ4v) is 4.22. The lowest BCUT2D eigenvalue weighted by Gasteiger charge is -2.44. The van der Waals surface area contributed by atoms with Gasteiger partial charge in [-0.1, -0.05) is 0 Å². The highest BCUT2D eigenvalue weighted by molar-refractivity contribution is 14.1. The number of hydrogen-bond donors (Lipinski definition) is 1. The van der Waals surface area contributed by atoms with Gasteiger partial charge in [-0.25, -0.2) is 4.79 Å². The zero-order valence-electron chi connectivity index (χ0n) is 11.5. The van der Waals surface area contributed by atoms with Gasteiger partial charge in [-0.2, -0.15) is 0 Å². The molecular weight excluding hydrogens is 381 g/mol. The molecule has 2 bridgehead atoms. The van der Waals surface area contributed by atoms with E-state index < -0.39 is 0 Å². The number of fused-ring (bicyclic) bond motifs is 4. The number of H-pyrrole nitrogens is 1. The van der Waals surface area contributed by atoms with Crippen molar-refractivity contribution in [2.24, 2.45) is 5.92 Å². The van der Waals surface area contributed by atoms with E-state index in [-0.39, 0.29) is 17.3 Å². The highest BCUT2D eigenvalue weighted by Crippen LogP contribution is 2.34. The molecular formula is C15H16IN3O2. The minimum atomic E-state index is -0.271. The average molecular weight is 397 g/mol. The van der Waals surface area contributed by atoms with Crippen LogP contribution in [0.1, 0.15) is 18.9 Å². The second-order valence-corrected chi connectivity index (χ2v) is 7.25. The Labute approximate surface area is 135 Å². The first-order valence-corrected chi connectivity index (χ1v) is 8.38. The van der Waals surface area contributed by atoms with Crippen molar-refractivity contribution >= 4 is 33.5 Å². The predicted octanol–water partition coefficient (Wildman–Crippen LogP) is 1.56. The Morgan fingerprint density at radius 1 is 1.19 bits per heavy atom. The molecule has 110 valence electrons. The van der Waals surface area contributed by atoms with Gasteiger partial charge in [0, 0.05) is 10.1 Å². The largest absolute Gasteiger partial charge is 0.329 e. The fourth-order valence-electron chi connectivity index (χ4n) is 3.73. The Balaban J connectivity index is 1.93. The van der Waals surface area contributed by atoms with Crippen molar-refractivity contribution in [1.29, 1.82) is 0 Å². The average Bonchev–Trinajstić information content (AvgIpc) is 2.49. The van der Waals surface area contributed by atoms with E-state index >= 15 is 0 Å². The van der Waals surface area contributed by atoms with Gasteiger partial charge in [0.25, 0.3) is 5.56 Å². The summed E-state index contributed by atoms with van der Waals surface area (Å²) < 4.78 is 2.47. The highest BCUT2D eigenvalue weighted by atomic mass is 127. The summed E-state index contributed by atoms with van der Waals surface area (Å²) >= 11 is 2.19. The summed E-state index contributed by atoms with van der Waals surface area (Å²) in [5.41, 5.74) is 0.210. The topological polar surface area (TPSA) is 58.1 Å². The SMILES string of the molecule is O=c1[nH]c2ccc(I)cc2c(=O)n1C1CN2CCC1CC2. The molecule has 3 aliphatic rings. The van der Waals surface area contributed by atoms with Gasteiger partial charge in [0.15, 0.2) is 0 Å². The van der Waals surface area contributed by atoms with Crippen molar-refractivity contribution in [3.8, 4) is 0 Å². The molecule has 1 unspecified atom stereocenters. The number of nitrogens with zero attached hydrogens (tertiary/aromatic N) is 2. The quantitative estimate of drug-likeness (QED) is 0.744. The van der Waals surface area contributed by atoms with Crippen LogP contribution in [0, 0.1) is 9.49 Å². The van der Waals surface area contributed by atoms with Crippen LogP contribution in [0.15, 0.2) is 27.8 Å². The maximum atomic E-state index is 12.8. The van der Waals surface area contributed by atoms with Crippen LogP contribution in [0.5, 0.6) is 0 Å². The van der Waals surface area contributed by atoms with Crippen LogP contribution in [0.4, 0.5) is 0 Å². The molecule has 3 aliphatic heterocycles. The molecule has 3 fully saturated rings. The van der Waals surface area contributed by atoms with Crippen LogP contribution < -0.4 is 11.2 Å². The van der Waals surface area contributed by atoms with Crippen molar-refractivity contribution < 1.29 is 0 Å². The van der Waals surface area contributed by atoms with E-state index in [1.54, 1.807) is 6.07 Å². The smallest absolute Gasteiger partial charge is 0.307 e. The second kappa shape index (κ2) is 4.95. The Kier molecular flexibility index (Phi) is 3.18. The maximum Gasteiger partial charge on any atom is 0.329 e. The number of piperidine rings is 3. The molecule has 1 atom stereocenters. The normalized spacial score (nSPS) is 28.1. The van der Waals surface area contributed by atoms with Gasteiger partial charge in [0.2, 0.25) is 0 Å². The minimum absolute atomic E-state index is 0.0195. The summed E-state index contributed by atoms with van der Waals surface area (Å²) in [6.07, 6.45) is 2.17. The number of benzene rings is 1. The van der Waals surface area contributed by atoms with Gasteiger partial charge in [-0.15, -0.1) is 0 Å². The number of rotatable bonds is 1. The third-order valence-corrected chi connectivity index (χ3v) is 5.52. The number of hydrogen-bond acceptors (Lipinski definition) is 3. The number of nitrogens with one attached hydrogen (secondary N) is 1. The molecule has 0 saturated carbocycles. The Morgan fingerprint density at radius 3 is 2.62 bits per heavy atom. The van der Waals surface area contributed by atoms with E-state index in [1.165, 1.54) is 4.57 Å². The second-order valence-electron chi connectivity index (χ2n) is 6.00. The monoisotopic (exact) mass is 397 g/mol. The van der Waals surface area contributed by atoms with E-state index in [2.05, 4.69) is 32.5 Å². The summed E-state index contributed by atoms with van der Waals surface area (Å²) in [7, 11) is 0. The molecule has 0 amide bonds. The molecule has 5 rings (SSSR count). The van der Waals surface area contributed by atoms with Gasteiger partial charge in [-0.3, -0.25) is 9.36 Å². The first-order valence-electron chi connectivity index (χ1n) is 7.30. The minimum Gasteiger partial charge on any atom is -0.307 e. The molecule has 3 saturated heterocycles. The number of halogens is 1. The standard InChI is InChI=1S/C15H16IN3O2/c16-10-1-2-12-11(7-10)14(20)19(15(21)17-12)13-8-18-5-3-9(13)4-6-18/h1-2,7,9,13H,3-6,8H2,(H,17,21). The molecule has 1 aromatic heterocycles. The van der Waals surface area contributed by atoms with Crippen molar-refractivity contribution in [2.75, 3.05) is 19.6 Å². The van der Waals surface area contributed by atoms with Gasteiger partial charge in [0.1, 0.15) is 0 Å². The fraction of sp³-hybridized carbons (Fsp3) is 0.467. The van der Waals surface area contributed by atoms with Crippen LogP contribution in [-0.2, 0) is 0 Å². The zero-order chi connectivity index (χ0) is 14.6. The third kappa shape index (κ3) is 2.15. The molecule has 6 heteroatoms. The summed E-state index contributed by atoms with van der Waals surface area (Å²) in [5.74, 6) is 0.453. The van der Waals surface area contributed by atoms with Crippen molar-refractivity contribution in [2.45, 2.75) is 18.9 Å². The van der Waals surface area contributed by atoms with E-state index in [0.29, 0.717) is 16.8 Å². The van der Waals surface area contributed by atoms with Crippen LogP contribution in [0.25, 0.3) is 10.9 Å². The molecule has 4 heterocycles. The Hall–Kier alpha value is -1.15. The van der Waals surface area contributed by atoms with Crippen LogP contribution in [0.2, 0.25) is 0 Å². The summed E-state index contributed by atoms with van der Waals surface area (Å²) in [5, 5.41) is 0.609. The molecule has 5 nitrogen and oxygen atoms in total. The van der Waals surface area contributed by atoms with E-state index in [9.17, 15) is 9.59 Å². The van der Waals surface area contributed by atoms with Crippen molar-refractivity contribution in [3.05, 3.63) is 42.6 Å². The lowest BCUT2D eigenvalue weighted by atomic mass is 9.84. The summed E-state index contributed by atoms with van der Waals surface area (Å²) in [6.45, 7) is 3.02. The predicted molar refractivity (Wildman–Crippen MR) is 89.7 cm³/mol. The van der Waals surface area contributed by atoms with Crippen LogP contribution >= 0.6 is 22.6 Å². The van der Waals surface area contributed by atoms with E-state index in [0.717, 1.165) is 36.0 Å². The van der Waals surface area contributed by atoms with Gasteiger partial charge in [-0.05, 0) is 72.6 Å². The first kappa shape index (κ1) is 13.5. The number of aromatic nitrogens is 2. The van der Waals surface area contributed by atoms with Crippen LogP contribution in [-0.4, -0.2) is 34.1 Å². The first-order chi connectivity index (χ1) is 10.1. The third-order valence-electron chi connectivity index (χ3n) is 4.84. The Morgan fingerprint density at radius 2 is 1.95 bits per heavy atom. The molecule has 2 aromatic rings. The Bertz CT molecular complexity index is 818. The van der Waals surface area contributed by atoms with E-state index in [1.807, 2.05) is 12.1 Å². The van der Waals surface area contributed by atoms with Gasteiger partial charge >= 0.3 is 5.69 Å². The molecule has 21 heavy (non-hydrogen) atoms. The maximum absolute atomic E-state index is 12.8. The van der Waals surface area contributed by atoms with Crippen LogP contribution in [0.3, 0.4) is 0 Å².